The van der Waals surface area contributed by atoms with Crippen molar-refractivity contribution in [2.45, 2.75) is 33.7 Å². The second-order valence-electron chi connectivity index (χ2n) is 3.88. The Labute approximate surface area is 101 Å². The van der Waals surface area contributed by atoms with Crippen LogP contribution < -0.4 is 10.3 Å². The molecule has 0 aliphatic heterocycles. The van der Waals surface area contributed by atoms with Gasteiger partial charge in [-0.05, 0) is 25.8 Å². The summed E-state index contributed by atoms with van der Waals surface area (Å²) in [5.41, 5.74) is 1.46. The Morgan fingerprint density at radius 1 is 1.35 bits per heavy atom. The van der Waals surface area contributed by atoms with E-state index in [2.05, 4.69) is 14.9 Å². The average molecular weight is 259 g/mol. The van der Waals surface area contributed by atoms with Gasteiger partial charge in [-0.15, -0.1) is 0 Å². The topological polar surface area (TPSA) is 91.9 Å². The van der Waals surface area contributed by atoms with Crippen molar-refractivity contribution in [3.63, 3.8) is 0 Å². The monoisotopic (exact) mass is 259 g/mol. The van der Waals surface area contributed by atoms with Crippen LogP contribution in [-0.4, -0.2) is 24.4 Å². The number of H-pyrrole nitrogens is 1. The molecule has 0 spiro atoms. The minimum absolute atomic E-state index is 0.00681. The summed E-state index contributed by atoms with van der Waals surface area (Å²) in [6.45, 7) is 5.30. The Kier molecular flexibility index (Phi) is 4.41. The fraction of sp³-hybridized carbons (Fsp3) is 0.600. The largest absolute Gasteiger partial charge is 0.268 e. The Balaban J connectivity index is 2.91. The Morgan fingerprint density at radius 2 is 2.00 bits per heavy atom. The minimum atomic E-state index is -3.30. The first-order valence-electron chi connectivity index (χ1n) is 5.39. The molecule has 0 aromatic carbocycles. The molecular weight excluding hydrogens is 242 g/mol. The third-order valence-corrected chi connectivity index (χ3v) is 4.07. The summed E-state index contributed by atoms with van der Waals surface area (Å²) in [4.78, 5) is 11.5. The van der Waals surface area contributed by atoms with Gasteiger partial charge in [-0.25, -0.2) is 18.2 Å². The van der Waals surface area contributed by atoms with Gasteiger partial charge < -0.3 is 0 Å². The van der Waals surface area contributed by atoms with Gasteiger partial charge in [-0.1, -0.05) is 6.92 Å². The molecule has 0 aliphatic carbocycles. The third kappa shape index (κ3) is 3.64. The fourth-order valence-corrected chi connectivity index (χ4v) is 2.46. The molecular formula is C10H17N3O3S. The summed E-state index contributed by atoms with van der Waals surface area (Å²) >= 11 is 0. The van der Waals surface area contributed by atoms with Crippen LogP contribution in [0.3, 0.4) is 0 Å². The summed E-state index contributed by atoms with van der Waals surface area (Å²) < 4.78 is 25.4. The molecule has 0 saturated heterocycles. The number of aryl methyl sites for hydroxylation is 1. The van der Waals surface area contributed by atoms with Gasteiger partial charge in [0, 0.05) is 12.1 Å². The third-order valence-electron chi connectivity index (χ3n) is 2.54. The zero-order valence-electron chi connectivity index (χ0n) is 10.2. The van der Waals surface area contributed by atoms with Crippen molar-refractivity contribution >= 4 is 10.0 Å². The standard InChI is InChI=1S/C10H17N3O3S/c1-4-5-17(15,16)11-6-9-7(2)8(3)12-13-10(9)14/h11H,4-6H2,1-3H3,(H,13,14). The van der Waals surface area contributed by atoms with Gasteiger partial charge in [0.25, 0.3) is 5.56 Å². The van der Waals surface area contributed by atoms with E-state index in [0.29, 0.717) is 23.2 Å². The number of rotatable bonds is 5. The molecule has 1 rings (SSSR count). The van der Waals surface area contributed by atoms with Crippen LogP contribution in [0.25, 0.3) is 0 Å². The number of aromatic amines is 1. The summed E-state index contributed by atoms with van der Waals surface area (Å²) in [5.74, 6) is 0.0635. The van der Waals surface area contributed by atoms with Gasteiger partial charge in [0.05, 0.1) is 11.4 Å². The van der Waals surface area contributed by atoms with Gasteiger partial charge in [-0.2, -0.15) is 5.10 Å². The van der Waals surface area contributed by atoms with Gasteiger partial charge in [0.1, 0.15) is 0 Å². The van der Waals surface area contributed by atoms with Crippen molar-refractivity contribution in [3.8, 4) is 0 Å². The highest BCUT2D eigenvalue weighted by molar-refractivity contribution is 7.89. The zero-order valence-corrected chi connectivity index (χ0v) is 11.0. The van der Waals surface area contributed by atoms with Crippen LogP contribution in [0.2, 0.25) is 0 Å². The number of nitrogens with zero attached hydrogens (tertiary/aromatic N) is 1. The van der Waals surface area contributed by atoms with Crippen LogP contribution in [-0.2, 0) is 16.6 Å². The van der Waals surface area contributed by atoms with Crippen LogP contribution in [0.1, 0.15) is 30.2 Å². The van der Waals surface area contributed by atoms with Crippen LogP contribution in [0.4, 0.5) is 0 Å². The molecule has 0 unspecified atom stereocenters. The van der Waals surface area contributed by atoms with E-state index >= 15 is 0 Å². The molecule has 0 radical (unpaired) electrons. The van der Waals surface area contributed by atoms with Crippen molar-refractivity contribution in [3.05, 3.63) is 27.2 Å². The smallest absolute Gasteiger partial charge is 0.268 e. The van der Waals surface area contributed by atoms with E-state index in [0.717, 1.165) is 0 Å². The SMILES string of the molecule is CCCS(=O)(=O)NCc1c(C)c(C)n[nH]c1=O. The van der Waals surface area contributed by atoms with Crippen molar-refractivity contribution in [2.24, 2.45) is 0 Å². The Hall–Kier alpha value is -1.21. The van der Waals surface area contributed by atoms with Crippen LogP contribution >= 0.6 is 0 Å². The molecule has 0 saturated carbocycles. The molecule has 0 bridgehead atoms. The highest BCUT2D eigenvalue weighted by Crippen LogP contribution is 2.05. The van der Waals surface area contributed by atoms with Crippen molar-refractivity contribution in [1.82, 2.24) is 14.9 Å². The molecule has 0 fully saturated rings. The normalized spacial score (nSPS) is 11.7. The van der Waals surface area contributed by atoms with Gasteiger partial charge in [-0.3, -0.25) is 4.79 Å². The second-order valence-corrected chi connectivity index (χ2v) is 5.81. The maximum Gasteiger partial charge on any atom is 0.268 e. The minimum Gasteiger partial charge on any atom is -0.268 e. The van der Waals surface area contributed by atoms with Crippen LogP contribution in [0, 0.1) is 13.8 Å². The Morgan fingerprint density at radius 3 is 2.59 bits per heavy atom. The quantitative estimate of drug-likeness (QED) is 0.791. The lowest BCUT2D eigenvalue weighted by Gasteiger charge is -2.08. The first-order valence-corrected chi connectivity index (χ1v) is 7.04. The molecule has 6 nitrogen and oxygen atoms in total. The van der Waals surface area contributed by atoms with E-state index in [9.17, 15) is 13.2 Å². The Bertz CT molecular complexity index is 548. The van der Waals surface area contributed by atoms with Crippen LogP contribution in [0.5, 0.6) is 0 Å². The van der Waals surface area contributed by atoms with Gasteiger partial charge >= 0.3 is 0 Å². The zero-order chi connectivity index (χ0) is 13.1. The van der Waals surface area contributed by atoms with E-state index in [1.54, 1.807) is 20.8 Å². The van der Waals surface area contributed by atoms with E-state index in [1.807, 2.05) is 0 Å². The lowest BCUT2D eigenvalue weighted by molar-refractivity contribution is 0.579. The number of hydrogen-bond acceptors (Lipinski definition) is 4. The maximum atomic E-state index is 11.5. The molecule has 0 aliphatic rings. The average Bonchev–Trinajstić information content (AvgIpc) is 2.23. The van der Waals surface area contributed by atoms with E-state index in [4.69, 9.17) is 0 Å². The molecule has 17 heavy (non-hydrogen) atoms. The van der Waals surface area contributed by atoms with Crippen molar-refractivity contribution < 1.29 is 8.42 Å². The highest BCUT2D eigenvalue weighted by Gasteiger charge is 2.12. The number of nitrogens with one attached hydrogen (secondary N) is 2. The predicted octanol–water partition coefficient (Wildman–Crippen LogP) is 0.216. The van der Waals surface area contributed by atoms with E-state index < -0.39 is 10.0 Å². The molecule has 1 heterocycles. The molecule has 1 aromatic rings. The lowest BCUT2D eigenvalue weighted by atomic mass is 10.1. The summed E-state index contributed by atoms with van der Waals surface area (Å²) in [5, 5.41) is 6.14. The number of aromatic nitrogens is 2. The first kappa shape index (κ1) is 13.9. The first-order chi connectivity index (χ1) is 7.87. The van der Waals surface area contributed by atoms with Gasteiger partial charge in [0.15, 0.2) is 0 Å². The maximum absolute atomic E-state index is 11.5. The van der Waals surface area contributed by atoms with E-state index in [1.165, 1.54) is 0 Å². The fourth-order valence-electron chi connectivity index (χ4n) is 1.41. The number of sulfonamides is 1. The van der Waals surface area contributed by atoms with Crippen molar-refractivity contribution in [1.29, 1.82) is 0 Å². The second kappa shape index (κ2) is 5.42. The summed E-state index contributed by atoms with van der Waals surface area (Å²) in [6, 6.07) is 0. The molecule has 0 atom stereocenters. The van der Waals surface area contributed by atoms with Gasteiger partial charge in [0.2, 0.25) is 10.0 Å². The molecule has 0 amide bonds. The summed E-state index contributed by atoms with van der Waals surface area (Å²) in [6.07, 6.45) is 0.542. The summed E-state index contributed by atoms with van der Waals surface area (Å²) in [7, 11) is -3.30. The van der Waals surface area contributed by atoms with Crippen molar-refractivity contribution in [2.75, 3.05) is 5.75 Å². The number of hydrogen-bond donors (Lipinski definition) is 2. The molecule has 96 valence electrons. The molecule has 7 heteroatoms. The lowest BCUT2D eigenvalue weighted by Crippen LogP contribution is -2.30. The molecule has 1 aromatic heterocycles. The van der Waals surface area contributed by atoms with E-state index in [-0.39, 0.29) is 17.9 Å². The van der Waals surface area contributed by atoms with Crippen LogP contribution in [0.15, 0.2) is 4.79 Å². The molecule has 2 N–H and O–H groups in total. The highest BCUT2D eigenvalue weighted by atomic mass is 32.2. The predicted molar refractivity (Wildman–Crippen MR) is 65.2 cm³/mol.